The van der Waals surface area contributed by atoms with Gasteiger partial charge in [-0.2, -0.15) is 16.4 Å². The molecule has 8 nitrogen and oxygen atoms in total. The lowest BCUT2D eigenvalue weighted by Gasteiger charge is -2.27. The molecule has 0 aliphatic carbocycles. The normalized spacial score (nSPS) is 13.8. The number of hydrogen-bond acceptors (Lipinski definition) is 7. The van der Waals surface area contributed by atoms with E-state index in [4.69, 9.17) is 16.3 Å². The molecule has 4 aromatic heterocycles. The minimum atomic E-state index is -0.303. The van der Waals surface area contributed by atoms with E-state index in [1.54, 1.807) is 28.6 Å². The second-order valence-electron chi connectivity index (χ2n) is 8.33. The van der Waals surface area contributed by atoms with E-state index in [0.29, 0.717) is 56.0 Å². The Hall–Kier alpha value is -3.05. The third-order valence-corrected chi connectivity index (χ3v) is 7.94. The predicted molar refractivity (Wildman–Crippen MR) is 140 cm³/mol. The summed E-state index contributed by atoms with van der Waals surface area (Å²) in [6.07, 6.45) is 2.90. The molecule has 0 N–H and O–H groups in total. The maximum Gasteiger partial charge on any atom is 0.279 e. The number of ether oxygens (including phenoxy) is 1. The zero-order valence-electron chi connectivity index (χ0n) is 19.3. The van der Waals surface area contributed by atoms with E-state index in [2.05, 4.69) is 5.10 Å². The van der Waals surface area contributed by atoms with Gasteiger partial charge in [0.15, 0.2) is 0 Å². The molecule has 186 valence electrons. The molecule has 5 rings (SSSR count). The van der Waals surface area contributed by atoms with Gasteiger partial charge in [0, 0.05) is 46.9 Å². The van der Waals surface area contributed by atoms with Gasteiger partial charge in [0.05, 0.1) is 28.8 Å². The molecule has 0 atom stereocenters. The summed E-state index contributed by atoms with van der Waals surface area (Å²) < 4.78 is 8.81. The van der Waals surface area contributed by atoms with Crippen LogP contribution in [0.3, 0.4) is 0 Å². The van der Waals surface area contributed by atoms with Gasteiger partial charge >= 0.3 is 0 Å². The van der Waals surface area contributed by atoms with Crippen LogP contribution in [0.2, 0.25) is 4.34 Å². The molecule has 11 heteroatoms. The number of aryl methyl sites for hydroxylation is 2. The van der Waals surface area contributed by atoms with E-state index in [-0.39, 0.29) is 23.9 Å². The summed E-state index contributed by atoms with van der Waals surface area (Å²) in [7, 11) is 0. The third-order valence-electron chi connectivity index (χ3n) is 5.96. The van der Waals surface area contributed by atoms with Crippen LogP contribution in [0.1, 0.15) is 20.9 Å². The first-order chi connectivity index (χ1) is 17.5. The standard InChI is InChI=1S/C25H23ClN4O4S2/c26-22-4-3-20(36-22)2-1-19-14-21(27-30(19)25(33)18-6-12-35-16-18)17-5-7-29(23(31)13-17)15-24(32)28-8-10-34-11-9-28/h3-7,12-14,16H,1-2,8-11,15H2. The van der Waals surface area contributed by atoms with Gasteiger partial charge < -0.3 is 14.2 Å². The first kappa shape index (κ1) is 24.6. The summed E-state index contributed by atoms with van der Waals surface area (Å²) in [5.41, 5.74) is 2.13. The predicted octanol–water partition coefficient (Wildman–Crippen LogP) is 3.82. The van der Waals surface area contributed by atoms with Gasteiger partial charge in [-0.15, -0.1) is 11.3 Å². The highest BCUT2D eigenvalue weighted by molar-refractivity contribution is 7.16. The van der Waals surface area contributed by atoms with Crippen LogP contribution in [0.5, 0.6) is 0 Å². The first-order valence-corrected chi connectivity index (χ1v) is 13.6. The molecule has 0 radical (unpaired) electrons. The van der Waals surface area contributed by atoms with Crippen molar-refractivity contribution < 1.29 is 14.3 Å². The Morgan fingerprint density at radius 3 is 2.61 bits per heavy atom. The van der Waals surface area contributed by atoms with Crippen molar-refractivity contribution in [2.24, 2.45) is 0 Å². The number of thiophene rings is 2. The average molecular weight is 543 g/mol. The SMILES string of the molecule is O=C(Cn1ccc(-c2cc(CCc3ccc(Cl)s3)n(C(=O)c3ccsc3)n2)cc1=O)N1CCOCC1. The maximum absolute atomic E-state index is 13.2. The highest BCUT2D eigenvalue weighted by atomic mass is 35.5. The van der Waals surface area contributed by atoms with Crippen LogP contribution in [0.25, 0.3) is 11.3 Å². The largest absolute Gasteiger partial charge is 0.378 e. The van der Waals surface area contributed by atoms with Crippen molar-refractivity contribution in [3.05, 3.63) is 84.2 Å². The Morgan fingerprint density at radius 2 is 1.92 bits per heavy atom. The van der Waals surface area contributed by atoms with Gasteiger partial charge in [0.2, 0.25) is 5.91 Å². The van der Waals surface area contributed by atoms with E-state index in [0.717, 1.165) is 14.9 Å². The Bertz CT molecular complexity index is 1430. The molecule has 1 aliphatic heterocycles. The quantitative estimate of drug-likeness (QED) is 0.354. The van der Waals surface area contributed by atoms with Crippen LogP contribution >= 0.6 is 34.3 Å². The number of carbonyl (C=O) groups excluding carboxylic acids is 2. The van der Waals surface area contributed by atoms with E-state index >= 15 is 0 Å². The van der Waals surface area contributed by atoms with E-state index in [1.807, 2.05) is 23.6 Å². The molecule has 1 aliphatic rings. The number of hydrogen-bond donors (Lipinski definition) is 0. The molecular formula is C25H23ClN4O4S2. The summed E-state index contributed by atoms with van der Waals surface area (Å²) >= 11 is 9.02. The lowest BCUT2D eigenvalue weighted by Crippen LogP contribution is -2.43. The molecule has 4 aromatic rings. The van der Waals surface area contributed by atoms with Crippen LogP contribution in [-0.4, -0.2) is 57.4 Å². The molecule has 36 heavy (non-hydrogen) atoms. The fourth-order valence-electron chi connectivity index (χ4n) is 4.02. The minimum absolute atomic E-state index is 0.0289. The summed E-state index contributed by atoms with van der Waals surface area (Å²) in [6, 6.07) is 10.7. The molecule has 0 unspecified atom stereocenters. The van der Waals surface area contributed by atoms with E-state index < -0.39 is 0 Å². The second-order valence-corrected chi connectivity index (χ2v) is 10.9. The van der Waals surface area contributed by atoms with Gasteiger partial charge in [0.25, 0.3) is 11.5 Å². The van der Waals surface area contributed by atoms with Crippen molar-refractivity contribution in [2.45, 2.75) is 19.4 Å². The Kier molecular flexibility index (Phi) is 7.47. The summed E-state index contributed by atoms with van der Waals surface area (Å²) in [5.74, 6) is -0.332. The highest BCUT2D eigenvalue weighted by Gasteiger charge is 2.20. The molecule has 0 bridgehead atoms. The van der Waals surface area contributed by atoms with Gasteiger partial charge in [0.1, 0.15) is 6.54 Å². The number of morpholine rings is 1. The van der Waals surface area contributed by atoms with E-state index in [9.17, 15) is 14.4 Å². The molecule has 5 heterocycles. The molecule has 1 fully saturated rings. The molecule has 0 spiro atoms. The number of nitrogens with zero attached hydrogens (tertiary/aromatic N) is 4. The number of aromatic nitrogens is 3. The smallest absolute Gasteiger partial charge is 0.279 e. The first-order valence-electron chi connectivity index (χ1n) is 11.4. The summed E-state index contributed by atoms with van der Waals surface area (Å²) in [5, 5.41) is 8.21. The number of amides is 1. The van der Waals surface area contributed by atoms with Crippen LogP contribution in [0.15, 0.2) is 58.1 Å². The minimum Gasteiger partial charge on any atom is -0.378 e. The van der Waals surface area contributed by atoms with Crippen molar-refractivity contribution in [3.63, 3.8) is 0 Å². The van der Waals surface area contributed by atoms with Gasteiger partial charge in [-0.05, 0) is 48.6 Å². The van der Waals surface area contributed by atoms with E-state index in [1.165, 1.54) is 38.0 Å². The third kappa shape index (κ3) is 5.52. The maximum atomic E-state index is 13.2. The fourth-order valence-corrected chi connectivity index (χ4v) is 5.73. The van der Waals surface area contributed by atoms with Crippen molar-refractivity contribution in [1.29, 1.82) is 0 Å². The lowest BCUT2D eigenvalue weighted by molar-refractivity contribution is -0.135. The zero-order chi connectivity index (χ0) is 25.1. The van der Waals surface area contributed by atoms with Crippen LogP contribution in [0, 0.1) is 0 Å². The zero-order valence-corrected chi connectivity index (χ0v) is 21.7. The van der Waals surface area contributed by atoms with Crippen molar-refractivity contribution >= 4 is 46.1 Å². The average Bonchev–Trinajstić information content (AvgIpc) is 3.65. The Balaban J connectivity index is 1.39. The van der Waals surface area contributed by atoms with Crippen molar-refractivity contribution in [3.8, 4) is 11.3 Å². The van der Waals surface area contributed by atoms with Crippen LogP contribution in [-0.2, 0) is 28.9 Å². The Morgan fingerprint density at radius 1 is 1.08 bits per heavy atom. The lowest BCUT2D eigenvalue weighted by atomic mass is 10.1. The molecule has 0 saturated carbocycles. The van der Waals surface area contributed by atoms with Crippen molar-refractivity contribution in [1.82, 2.24) is 19.2 Å². The molecule has 0 aromatic carbocycles. The second kappa shape index (κ2) is 10.9. The number of pyridine rings is 1. The Labute approximate surface area is 220 Å². The van der Waals surface area contributed by atoms with Crippen LogP contribution in [0.4, 0.5) is 0 Å². The topological polar surface area (TPSA) is 86.4 Å². The summed E-state index contributed by atoms with van der Waals surface area (Å²) in [4.78, 5) is 41.3. The number of halogens is 1. The number of carbonyl (C=O) groups is 2. The summed E-state index contributed by atoms with van der Waals surface area (Å²) in [6.45, 7) is 2.05. The molecule has 1 amide bonds. The molecular weight excluding hydrogens is 520 g/mol. The monoisotopic (exact) mass is 542 g/mol. The molecule has 1 saturated heterocycles. The number of rotatable bonds is 7. The van der Waals surface area contributed by atoms with Crippen LogP contribution < -0.4 is 5.56 Å². The highest BCUT2D eigenvalue weighted by Crippen LogP contribution is 2.25. The van der Waals surface area contributed by atoms with Crippen molar-refractivity contribution in [2.75, 3.05) is 26.3 Å². The van der Waals surface area contributed by atoms with Gasteiger partial charge in [-0.25, -0.2) is 4.68 Å². The fraction of sp³-hybridized carbons (Fsp3) is 0.280. The van der Waals surface area contributed by atoms with Gasteiger partial charge in [-0.3, -0.25) is 14.4 Å². The van der Waals surface area contributed by atoms with Gasteiger partial charge in [-0.1, -0.05) is 11.6 Å².